The van der Waals surface area contributed by atoms with Gasteiger partial charge < -0.3 is 5.32 Å². The standard InChI is InChI=1S/C13H11F3N4O4S/c1-6-5-17-12(25-6)7(2)18-11-9(19(21)22)3-8(13(14,15)16)4-10(11)20(23)24/h3-5,7,18H,1-2H3. The van der Waals surface area contributed by atoms with Gasteiger partial charge in [-0.05, 0) is 13.8 Å². The highest BCUT2D eigenvalue weighted by atomic mass is 32.1. The van der Waals surface area contributed by atoms with Crippen molar-refractivity contribution in [2.24, 2.45) is 0 Å². The van der Waals surface area contributed by atoms with Crippen LogP contribution in [0.5, 0.6) is 0 Å². The van der Waals surface area contributed by atoms with Crippen molar-refractivity contribution in [1.29, 1.82) is 0 Å². The minimum absolute atomic E-state index is 0.273. The van der Waals surface area contributed by atoms with Gasteiger partial charge in [0.1, 0.15) is 5.01 Å². The van der Waals surface area contributed by atoms with E-state index < -0.39 is 44.7 Å². The van der Waals surface area contributed by atoms with Crippen LogP contribution in [0.15, 0.2) is 18.3 Å². The molecule has 1 unspecified atom stereocenters. The van der Waals surface area contributed by atoms with Gasteiger partial charge in [-0.2, -0.15) is 13.2 Å². The number of aryl methyl sites for hydroxylation is 1. The number of rotatable bonds is 5. The normalized spacial score (nSPS) is 12.7. The zero-order valence-corrected chi connectivity index (χ0v) is 13.6. The predicted molar refractivity (Wildman–Crippen MR) is 83.6 cm³/mol. The summed E-state index contributed by atoms with van der Waals surface area (Å²) in [6.45, 7) is 3.32. The quantitative estimate of drug-likeness (QED) is 0.609. The Morgan fingerprint density at radius 1 is 1.20 bits per heavy atom. The molecule has 0 saturated carbocycles. The molecule has 8 nitrogen and oxygen atoms in total. The number of nitro groups is 2. The fourth-order valence-corrected chi connectivity index (χ4v) is 2.84. The first-order valence-corrected chi connectivity index (χ1v) is 7.55. The van der Waals surface area contributed by atoms with E-state index in [0.29, 0.717) is 5.01 Å². The van der Waals surface area contributed by atoms with Crippen LogP contribution in [0.1, 0.15) is 28.4 Å². The number of benzene rings is 1. The van der Waals surface area contributed by atoms with Crippen LogP contribution < -0.4 is 5.32 Å². The summed E-state index contributed by atoms with van der Waals surface area (Å²) in [7, 11) is 0. The van der Waals surface area contributed by atoms with Gasteiger partial charge in [-0.25, -0.2) is 4.98 Å². The number of anilines is 1. The third-order valence-corrected chi connectivity index (χ3v) is 4.28. The molecule has 0 amide bonds. The molecule has 12 heteroatoms. The Morgan fingerprint density at radius 3 is 2.08 bits per heavy atom. The number of hydrogen-bond acceptors (Lipinski definition) is 7. The maximum absolute atomic E-state index is 12.9. The molecule has 0 spiro atoms. The van der Waals surface area contributed by atoms with E-state index in [2.05, 4.69) is 10.3 Å². The van der Waals surface area contributed by atoms with E-state index in [-0.39, 0.29) is 12.1 Å². The summed E-state index contributed by atoms with van der Waals surface area (Å²) in [6, 6.07) is -0.127. The second-order valence-electron chi connectivity index (χ2n) is 5.08. The molecule has 1 heterocycles. The summed E-state index contributed by atoms with van der Waals surface area (Å²) in [5.74, 6) is 0. The summed E-state index contributed by atoms with van der Waals surface area (Å²) in [4.78, 5) is 25.0. The Balaban J connectivity index is 2.58. The molecule has 1 atom stereocenters. The molecule has 2 aromatic rings. The highest BCUT2D eigenvalue weighted by Gasteiger charge is 2.38. The predicted octanol–water partition coefficient (Wildman–Crippen LogP) is 4.46. The zero-order chi connectivity index (χ0) is 18.9. The fraction of sp³-hybridized carbons (Fsp3) is 0.308. The monoisotopic (exact) mass is 376 g/mol. The molecule has 0 radical (unpaired) electrons. The topological polar surface area (TPSA) is 111 Å². The number of hydrogen-bond donors (Lipinski definition) is 1. The Morgan fingerprint density at radius 2 is 1.72 bits per heavy atom. The second kappa shape index (κ2) is 6.63. The van der Waals surface area contributed by atoms with Crippen molar-refractivity contribution in [2.75, 3.05) is 5.32 Å². The Kier molecular flexibility index (Phi) is 4.92. The molecular formula is C13H11F3N4O4S. The third-order valence-electron chi connectivity index (χ3n) is 3.19. The van der Waals surface area contributed by atoms with Gasteiger partial charge in [0.15, 0.2) is 5.69 Å². The van der Waals surface area contributed by atoms with E-state index in [1.54, 1.807) is 20.0 Å². The second-order valence-corrected chi connectivity index (χ2v) is 6.34. The molecule has 1 aromatic heterocycles. The number of alkyl halides is 3. The van der Waals surface area contributed by atoms with Crippen molar-refractivity contribution >= 4 is 28.4 Å². The van der Waals surface area contributed by atoms with Gasteiger partial charge in [0.05, 0.1) is 21.5 Å². The molecule has 134 valence electrons. The Hall–Kier alpha value is -2.76. The highest BCUT2D eigenvalue weighted by molar-refractivity contribution is 7.11. The van der Waals surface area contributed by atoms with E-state index in [1.165, 1.54) is 11.3 Å². The van der Waals surface area contributed by atoms with Gasteiger partial charge in [-0.15, -0.1) is 11.3 Å². The summed E-state index contributed by atoms with van der Waals surface area (Å²) in [5, 5.41) is 25.4. The molecular weight excluding hydrogens is 365 g/mol. The van der Waals surface area contributed by atoms with E-state index in [1.807, 2.05) is 0 Å². The average molecular weight is 376 g/mol. The lowest BCUT2D eigenvalue weighted by atomic mass is 10.1. The lowest BCUT2D eigenvalue weighted by Gasteiger charge is -2.15. The van der Waals surface area contributed by atoms with Gasteiger partial charge in [-0.3, -0.25) is 20.2 Å². The maximum atomic E-state index is 12.9. The van der Waals surface area contributed by atoms with Crippen molar-refractivity contribution < 1.29 is 23.0 Å². The van der Waals surface area contributed by atoms with Gasteiger partial charge in [0.25, 0.3) is 11.4 Å². The van der Waals surface area contributed by atoms with Gasteiger partial charge in [-0.1, -0.05) is 0 Å². The number of nitro benzene ring substituents is 2. The van der Waals surface area contributed by atoms with Crippen LogP contribution in [0.25, 0.3) is 0 Å². The molecule has 0 saturated heterocycles. The van der Waals surface area contributed by atoms with Crippen LogP contribution in [0.3, 0.4) is 0 Å². The van der Waals surface area contributed by atoms with E-state index >= 15 is 0 Å². The molecule has 0 aliphatic heterocycles. The smallest absolute Gasteiger partial charge is 0.365 e. The van der Waals surface area contributed by atoms with Gasteiger partial charge in [0.2, 0.25) is 0 Å². The van der Waals surface area contributed by atoms with Crippen LogP contribution in [0.2, 0.25) is 0 Å². The molecule has 0 aliphatic rings. The molecule has 0 bridgehead atoms. The summed E-state index contributed by atoms with van der Waals surface area (Å²) >= 11 is 1.26. The van der Waals surface area contributed by atoms with Crippen LogP contribution >= 0.6 is 11.3 Å². The molecule has 1 aromatic carbocycles. The molecule has 1 N–H and O–H groups in total. The average Bonchev–Trinajstić information content (AvgIpc) is 2.92. The van der Waals surface area contributed by atoms with Crippen molar-refractivity contribution in [1.82, 2.24) is 4.98 Å². The van der Waals surface area contributed by atoms with Crippen LogP contribution in [0, 0.1) is 27.2 Å². The van der Waals surface area contributed by atoms with E-state index in [9.17, 15) is 33.4 Å². The zero-order valence-electron chi connectivity index (χ0n) is 12.8. The SMILES string of the molecule is Cc1cnc(C(C)Nc2c([N+](=O)[O-])cc(C(F)(F)F)cc2[N+](=O)[O-])s1. The van der Waals surface area contributed by atoms with E-state index in [4.69, 9.17) is 0 Å². The number of aromatic nitrogens is 1. The third kappa shape index (κ3) is 4.02. The first-order valence-electron chi connectivity index (χ1n) is 6.73. The number of halogens is 3. The summed E-state index contributed by atoms with van der Waals surface area (Å²) < 4.78 is 38.6. The van der Waals surface area contributed by atoms with Gasteiger partial charge >= 0.3 is 6.18 Å². The first kappa shape index (κ1) is 18.6. The fourth-order valence-electron chi connectivity index (χ4n) is 2.06. The number of thiazole rings is 1. The van der Waals surface area contributed by atoms with Crippen molar-refractivity contribution in [2.45, 2.75) is 26.1 Å². The first-order chi connectivity index (χ1) is 11.5. The molecule has 2 rings (SSSR count). The Bertz CT molecular complexity index is 802. The van der Waals surface area contributed by atoms with Crippen LogP contribution in [0.4, 0.5) is 30.2 Å². The minimum atomic E-state index is -4.95. The van der Waals surface area contributed by atoms with Crippen molar-refractivity contribution in [3.8, 4) is 0 Å². The number of nitrogens with zero attached hydrogens (tertiary/aromatic N) is 3. The maximum Gasteiger partial charge on any atom is 0.416 e. The number of nitrogens with one attached hydrogen (secondary N) is 1. The lowest BCUT2D eigenvalue weighted by molar-refractivity contribution is -0.392. The van der Waals surface area contributed by atoms with Crippen molar-refractivity contribution in [3.63, 3.8) is 0 Å². The highest BCUT2D eigenvalue weighted by Crippen LogP contribution is 2.42. The minimum Gasteiger partial charge on any atom is -0.365 e. The summed E-state index contributed by atoms with van der Waals surface area (Å²) in [5.41, 5.74) is -4.11. The largest absolute Gasteiger partial charge is 0.416 e. The lowest BCUT2D eigenvalue weighted by Crippen LogP contribution is -2.13. The Labute approximate surface area is 142 Å². The van der Waals surface area contributed by atoms with Crippen LogP contribution in [-0.4, -0.2) is 14.8 Å². The molecule has 0 fully saturated rings. The van der Waals surface area contributed by atoms with Crippen molar-refractivity contribution in [3.05, 3.63) is 54.0 Å². The molecule has 25 heavy (non-hydrogen) atoms. The van der Waals surface area contributed by atoms with Crippen LogP contribution in [-0.2, 0) is 6.18 Å². The van der Waals surface area contributed by atoms with Gasteiger partial charge in [0, 0.05) is 23.2 Å². The molecule has 0 aliphatic carbocycles. The van der Waals surface area contributed by atoms with E-state index in [0.717, 1.165) is 4.88 Å². The summed E-state index contributed by atoms with van der Waals surface area (Å²) in [6.07, 6.45) is -3.40.